The molecular formula is C16H14Cl2N4O2. The summed E-state index contributed by atoms with van der Waals surface area (Å²) in [6.07, 6.45) is 1.55. The van der Waals surface area contributed by atoms with Gasteiger partial charge in [-0.15, -0.1) is 0 Å². The number of esters is 1. The lowest BCUT2D eigenvalue weighted by molar-refractivity contribution is 0.00695. The normalized spacial score (nSPS) is 11.7. The highest BCUT2D eigenvalue weighted by atomic mass is 35.5. The van der Waals surface area contributed by atoms with E-state index in [1.54, 1.807) is 29.1 Å². The SMILES string of the molecule is CC(C)(C)OC(=O)c1cccc(-n2cnc3c(Cl)nc(Cl)nc32)c1. The van der Waals surface area contributed by atoms with Crippen LogP contribution in [0.25, 0.3) is 16.9 Å². The fourth-order valence-corrected chi connectivity index (χ4v) is 2.57. The summed E-state index contributed by atoms with van der Waals surface area (Å²) in [5.74, 6) is -0.403. The molecule has 0 saturated carbocycles. The molecule has 3 rings (SSSR count). The minimum absolute atomic E-state index is 0.0255. The van der Waals surface area contributed by atoms with Crippen LogP contribution in [0.2, 0.25) is 10.4 Å². The van der Waals surface area contributed by atoms with Crippen LogP contribution >= 0.6 is 23.2 Å². The molecule has 6 nitrogen and oxygen atoms in total. The highest BCUT2D eigenvalue weighted by Crippen LogP contribution is 2.24. The Labute approximate surface area is 148 Å². The zero-order chi connectivity index (χ0) is 17.5. The largest absolute Gasteiger partial charge is 0.456 e. The minimum Gasteiger partial charge on any atom is -0.456 e. The summed E-state index contributed by atoms with van der Waals surface area (Å²) >= 11 is 11.9. The Kier molecular flexibility index (Phi) is 4.19. The van der Waals surface area contributed by atoms with E-state index >= 15 is 0 Å². The van der Waals surface area contributed by atoms with Crippen LogP contribution < -0.4 is 0 Å². The molecule has 3 aromatic rings. The monoisotopic (exact) mass is 364 g/mol. The molecule has 0 N–H and O–H groups in total. The van der Waals surface area contributed by atoms with Crippen LogP contribution in [0.4, 0.5) is 0 Å². The summed E-state index contributed by atoms with van der Waals surface area (Å²) in [5, 5.41) is 0.199. The van der Waals surface area contributed by atoms with E-state index in [0.717, 1.165) is 0 Å². The van der Waals surface area contributed by atoms with Gasteiger partial charge in [0.2, 0.25) is 5.28 Å². The van der Waals surface area contributed by atoms with Crippen molar-refractivity contribution in [3.05, 3.63) is 46.6 Å². The first-order chi connectivity index (χ1) is 11.2. The van der Waals surface area contributed by atoms with E-state index in [1.807, 2.05) is 26.8 Å². The van der Waals surface area contributed by atoms with Gasteiger partial charge in [-0.1, -0.05) is 17.7 Å². The van der Waals surface area contributed by atoms with Crippen molar-refractivity contribution in [3.8, 4) is 5.69 Å². The van der Waals surface area contributed by atoms with E-state index in [9.17, 15) is 4.79 Å². The fraction of sp³-hybridized carbons (Fsp3) is 0.250. The van der Waals surface area contributed by atoms with Gasteiger partial charge in [0.05, 0.1) is 5.56 Å². The number of imidazole rings is 1. The van der Waals surface area contributed by atoms with Gasteiger partial charge in [-0.3, -0.25) is 4.57 Å². The molecule has 0 radical (unpaired) electrons. The summed E-state index contributed by atoms with van der Waals surface area (Å²) in [4.78, 5) is 24.5. The topological polar surface area (TPSA) is 69.9 Å². The second-order valence-electron chi connectivity index (χ2n) is 6.12. The summed E-state index contributed by atoms with van der Waals surface area (Å²) < 4.78 is 7.07. The molecule has 0 bridgehead atoms. The summed E-state index contributed by atoms with van der Waals surface area (Å²) in [7, 11) is 0. The number of carbonyl (C=O) groups is 1. The van der Waals surface area contributed by atoms with Crippen molar-refractivity contribution in [1.82, 2.24) is 19.5 Å². The predicted octanol–water partition coefficient (Wildman–Crippen LogP) is 4.08. The smallest absolute Gasteiger partial charge is 0.338 e. The zero-order valence-electron chi connectivity index (χ0n) is 13.2. The van der Waals surface area contributed by atoms with Gasteiger partial charge in [-0.05, 0) is 50.6 Å². The molecule has 0 aliphatic heterocycles. The van der Waals surface area contributed by atoms with Crippen molar-refractivity contribution >= 4 is 40.3 Å². The van der Waals surface area contributed by atoms with Gasteiger partial charge >= 0.3 is 5.97 Å². The Hall–Kier alpha value is -2.18. The third-order valence-electron chi connectivity index (χ3n) is 3.09. The number of benzene rings is 1. The van der Waals surface area contributed by atoms with Gasteiger partial charge in [0.15, 0.2) is 10.8 Å². The van der Waals surface area contributed by atoms with Crippen molar-refractivity contribution < 1.29 is 9.53 Å². The molecule has 2 heterocycles. The predicted molar refractivity (Wildman–Crippen MR) is 91.8 cm³/mol. The van der Waals surface area contributed by atoms with E-state index in [-0.39, 0.29) is 10.4 Å². The fourth-order valence-electron chi connectivity index (χ4n) is 2.15. The van der Waals surface area contributed by atoms with Gasteiger partial charge in [-0.25, -0.2) is 14.8 Å². The van der Waals surface area contributed by atoms with Crippen molar-refractivity contribution in [2.75, 3.05) is 0 Å². The van der Waals surface area contributed by atoms with Crippen LogP contribution in [0.15, 0.2) is 30.6 Å². The molecule has 0 spiro atoms. The Morgan fingerprint density at radius 3 is 2.67 bits per heavy atom. The first-order valence-electron chi connectivity index (χ1n) is 7.14. The maximum Gasteiger partial charge on any atom is 0.338 e. The number of hydrogen-bond acceptors (Lipinski definition) is 5. The number of aromatic nitrogens is 4. The van der Waals surface area contributed by atoms with Crippen molar-refractivity contribution in [1.29, 1.82) is 0 Å². The highest BCUT2D eigenvalue weighted by molar-refractivity contribution is 6.35. The lowest BCUT2D eigenvalue weighted by Crippen LogP contribution is -2.23. The third-order valence-corrected chi connectivity index (χ3v) is 3.52. The maximum absolute atomic E-state index is 12.2. The van der Waals surface area contributed by atoms with Crippen LogP contribution in [0.5, 0.6) is 0 Å². The van der Waals surface area contributed by atoms with E-state index in [0.29, 0.717) is 22.4 Å². The molecule has 0 fully saturated rings. The molecule has 0 atom stereocenters. The zero-order valence-corrected chi connectivity index (χ0v) is 14.8. The van der Waals surface area contributed by atoms with Crippen LogP contribution in [0.3, 0.4) is 0 Å². The molecule has 0 aliphatic carbocycles. The number of rotatable bonds is 2. The summed E-state index contributed by atoms with van der Waals surface area (Å²) in [6, 6.07) is 6.95. The van der Waals surface area contributed by atoms with Crippen molar-refractivity contribution in [2.45, 2.75) is 26.4 Å². The molecule has 124 valence electrons. The Bertz CT molecular complexity index is 931. The maximum atomic E-state index is 12.2. The van der Waals surface area contributed by atoms with Crippen LogP contribution in [0.1, 0.15) is 31.1 Å². The first kappa shape index (κ1) is 16.7. The second kappa shape index (κ2) is 6.03. The number of nitrogens with zero attached hydrogens (tertiary/aromatic N) is 4. The molecule has 2 aromatic heterocycles. The van der Waals surface area contributed by atoms with E-state index in [4.69, 9.17) is 27.9 Å². The lowest BCUT2D eigenvalue weighted by atomic mass is 10.1. The highest BCUT2D eigenvalue weighted by Gasteiger charge is 2.19. The number of hydrogen-bond donors (Lipinski definition) is 0. The van der Waals surface area contributed by atoms with Gasteiger partial charge in [-0.2, -0.15) is 4.98 Å². The number of halogens is 2. The average Bonchev–Trinajstić information content (AvgIpc) is 2.89. The molecule has 24 heavy (non-hydrogen) atoms. The summed E-state index contributed by atoms with van der Waals surface area (Å²) in [6.45, 7) is 5.46. The van der Waals surface area contributed by atoms with Gasteiger partial charge in [0, 0.05) is 5.69 Å². The van der Waals surface area contributed by atoms with Crippen LogP contribution in [-0.2, 0) is 4.74 Å². The standard InChI is InChI=1S/C16H14Cl2N4O2/c1-16(2,3)24-14(23)9-5-4-6-10(7-9)22-8-19-11-12(17)20-15(18)21-13(11)22/h4-8H,1-3H3. The molecule has 8 heteroatoms. The van der Waals surface area contributed by atoms with E-state index < -0.39 is 11.6 Å². The molecule has 0 saturated heterocycles. The summed E-state index contributed by atoms with van der Waals surface area (Å²) in [5.41, 5.74) is 1.44. The van der Waals surface area contributed by atoms with Gasteiger partial charge in [0.1, 0.15) is 17.4 Å². The number of carbonyl (C=O) groups excluding carboxylic acids is 1. The average molecular weight is 365 g/mol. The molecular weight excluding hydrogens is 351 g/mol. The van der Waals surface area contributed by atoms with Gasteiger partial charge < -0.3 is 4.74 Å². The van der Waals surface area contributed by atoms with Crippen LogP contribution in [0, 0.1) is 0 Å². The van der Waals surface area contributed by atoms with Gasteiger partial charge in [0.25, 0.3) is 0 Å². The Morgan fingerprint density at radius 1 is 1.21 bits per heavy atom. The molecule has 1 aromatic carbocycles. The van der Waals surface area contributed by atoms with Crippen molar-refractivity contribution in [2.24, 2.45) is 0 Å². The second-order valence-corrected chi connectivity index (χ2v) is 6.82. The quantitative estimate of drug-likeness (QED) is 0.389. The molecule has 0 aliphatic rings. The minimum atomic E-state index is -0.566. The molecule has 0 amide bonds. The Morgan fingerprint density at radius 2 is 1.96 bits per heavy atom. The lowest BCUT2D eigenvalue weighted by Gasteiger charge is -2.19. The van der Waals surface area contributed by atoms with E-state index in [1.165, 1.54) is 0 Å². The number of ether oxygens (including phenoxy) is 1. The van der Waals surface area contributed by atoms with E-state index in [2.05, 4.69) is 15.0 Å². The van der Waals surface area contributed by atoms with Crippen molar-refractivity contribution in [3.63, 3.8) is 0 Å². The molecule has 0 unspecified atom stereocenters. The Balaban J connectivity index is 2.05. The van der Waals surface area contributed by atoms with Crippen LogP contribution in [-0.4, -0.2) is 31.1 Å². The number of fused-ring (bicyclic) bond motifs is 1. The first-order valence-corrected chi connectivity index (χ1v) is 7.90. The third kappa shape index (κ3) is 3.34.